The second kappa shape index (κ2) is 6.43. The second-order valence-corrected chi connectivity index (χ2v) is 5.93. The van der Waals surface area contributed by atoms with Crippen LogP contribution in [0.15, 0.2) is 0 Å². The van der Waals surface area contributed by atoms with Gasteiger partial charge in [0.15, 0.2) is 0 Å². The molecule has 0 spiro atoms. The van der Waals surface area contributed by atoms with Crippen LogP contribution in [-0.2, 0) is 0 Å². The number of aryl methyl sites for hydroxylation is 1. The molecule has 118 valence electrons. The number of hydrogen-bond acceptors (Lipinski definition) is 5. The molecule has 0 amide bonds. The first-order valence-electron chi connectivity index (χ1n) is 7.66. The fourth-order valence-corrected chi connectivity index (χ4v) is 2.85. The summed E-state index contributed by atoms with van der Waals surface area (Å²) in [4.78, 5) is 13.4. The highest BCUT2D eigenvalue weighted by atomic mass is 16.6. The van der Waals surface area contributed by atoms with E-state index < -0.39 is 0 Å². The van der Waals surface area contributed by atoms with Gasteiger partial charge in [0.05, 0.1) is 4.92 Å². The largest absolute Gasteiger partial charge is 0.362 e. The van der Waals surface area contributed by atoms with E-state index in [-0.39, 0.29) is 22.7 Å². The van der Waals surface area contributed by atoms with Crippen LogP contribution < -0.4 is 5.32 Å². The lowest BCUT2D eigenvalue weighted by Crippen LogP contribution is -2.39. The molecule has 0 atom stereocenters. The molecule has 1 fully saturated rings. The Morgan fingerprint density at radius 2 is 2.05 bits per heavy atom. The van der Waals surface area contributed by atoms with Crippen molar-refractivity contribution in [3.63, 3.8) is 0 Å². The van der Waals surface area contributed by atoms with Crippen LogP contribution in [0.1, 0.15) is 45.3 Å². The lowest BCUT2D eigenvalue weighted by molar-refractivity contribution is -0.384. The number of piperidine rings is 1. The highest BCUT2D eigenvalue weighted by Gasteiger charge is 2.29. The predicted octanol–water partition coefficient (Wildman–Crippen LogP) is 2.58. The van der Waals surface area contributed by atoms with E-state index in [0.29, 0.717) is 11.5 Å². The average molecular weight is 295 g/mol. The zero-order valence-electron chi connectivity index (χ0n) is 13.3. The number of hydrogen-bond donors (Lipinski definition) is 1. The van der Waals surface area contributed by atoms with Crippen molar-refractivity contribution < 1.29 is 4.92 Å². The Balaban J connectivity index is 2.20. The molecule has 0 unspecified atom stereocenters. The van der Waals surface area contributed by atoms with Crippen molar-refractivity contribution in [3.05, 3.63) is 15.8 Å². The van der Waals surface area contributed by atoms with Crippen LogP contribution in [0.2, 0.25) is 0 Å². The third-order valence-electron chi connectivity index (χ3n) is 4.10. The van der Waals surface area contributed by atoms with Gasteiger partial charge in [0, 0.05) is 25.2 Å². The second-order valence-electron chi connectivity index (χ2n) is 5.93. The van der Waals surface area contributed by atoms with Crippen LogP contribution in [0.5, 0.6) is 0 Å². The Morgan fingerprint density at radius 3 is 2.52 bits per heavy atom. The van der Waals surface area contributed by atoms with Crippen molar-refractivity contribution >= 4 is 11.5 Å². The smallest absolute Gasteiger partial charge is 0.333 e. The molecular formula is C14H25N5O2. The number of aromatic nitrogens is 2. The maximum Gasteiger partial charge on any atom is 0.333 e. The first kappa shape index (κ1) is 15.8. The summed E-state index contributed by atoms with van der Waals surface area (Å²) in [5, 5.41) is 19.0. The van der Waals surface area contributed by atoms with Crippen molar-refractivity contribution in [2.75, 3.05) is 25.0 Å². The number of nitrogens with zero attached hydrogens (tertiary/aromatic N) is 4. The number of anilines is 1. The molecule has 1 aromatic rings. The zero-order chi connectivity index (χ0) is 15.6. The van der Waals surface area contributed by atoms with Crippen LogP contribution in [0, 0.1) is 17.0 Å². The van der Waals surface area contributed by atoms with Gasteiger partial charge >= 0.3 is 5.69 Å². The Labute approximate surface area is 125 Å². The van der Waals surface area contributed by atoms with Crippen molar-refractivity contribution in [2.24, 2.45) is 0 Å². The molecule has 1 aliphatic heterocycles. The summed E-state index contributed by atoms with van der Waals surface area (Å²) in [6.07, 6.45) is 2.01. The van der Waals surface area contributed by atoms with Gasteiger partial charge in [-0.05, 0) is 40.2 Å². The van der Waals surface area contributed by atoms with Crippen LogP contribution in [-0.4, -0.2) is 45.3 Å². The van der Waals surface area contributed by atoms with E-state index in [1.165, 1.54) is 0 Å². The molecule has 1 N–H and O–H groups in total. The minimum absolute atomic E-state index is 0.0932. The summed E-state index contributed by atoms with van der Waals surface area (Å²) < 4.78 is 1.74. The average Bonchev–Trinajstić information content (AvgIpc) is 2.76. The summed E-state index contributed by atoms with van der Waals surface area (Å²) in [5.41, 5.74) is 0.587. The molecule has 2 heterocycles. The van der Waals surface area contributed by atoms with Crippen LogP contribution in [0.25, 0.3) is 0 Å². The number of nitrogens with one attached hydrogen (secondary N) is 1. The Morgan fingerprint density at radius 1 is 1.43 bits per heavy atom. The maximum atomic E-state index is 11.3. The minimum atomic E-state index is -0.329. The van der Waals surface area contributed by atoms with E-state index in [2.05, 4.69) is 22.2 Å². The fraction of sp³-hybridized carbons (Fsp3) is 0.786. The summed E-state index contributed by atoms with van der Waals surface area (Å²) >= 11 is 0. The van der Waals surface area contributed by atoms with Gasteiger partial charge in [-0.25, -0.2) is 4.68 Å². The van der Waals surface area contributed by atoms with Gasteiger partial charge in [-0.15, -0.1) is 0 Å². The van der Waals surface area contributed by atoms with Gasteiger partial charge in [0.1, 0.15) is 5.69 Å². The van der Waals surface area contributed by atoms with Gasteiger partial charge in [0.2, 0.25) is 5.82 Å². The van der Waals surface area contributed by atoms with E-state index in [4.69, 9.17) is 0 Å². The molecule has 0 radical (unpaired) electrons. The summed E-state index contributed by atoms with van der Waals surface area (Å²) in [5.74, 6) is 0.558. The van der Waals surface area contributed by atoms with E-state index in [1.807, 2.05) is 13.8 Å². The van der Waals surface area contributed by atoms with E-state index >= 15 is 0 Å². The first-order chi connectivity index (χ1) is 9.93. The molecule has 1 aliphatic rings. The zero-order valence-corrected chi connectivity index (χ0v) is 13.3. The fourth-order valence-electron chi connectivity index (χ4n) is 2.85. The van der Waals surface area contributed by atoms with Crippen molar-refractivity contribution in [3.8, 4) is 0 Å². The van der Waals surface area contributed by atoms with Crippen LogP contribution >= 0.6 is 0 Å². The van der Waals surface area contributed by atoms with Gasteiger partial charge < -0.3 is 10.2 Å². The van der Waals surface area contributed by atoms with E-state index in [0.717, 1.165) is 32.5 Å². The number of likely N-dealkylation sites (tertiary alicyclic amines) is 1. The van der Waals surface area contributed by atoms with Gasteiger partial charge in [-0.1, -0.05) is 6.92 Å². The Bertz CT molecular complexity index is 504. The lowest BCUT2D eigenvalue weighted by Gasteiger charge is -2.32. The number of rotatable bonds is 5. The molecule has 0 saturated carbocycles. The monoisotopic (exact) mass is 295 g/mol. The molecule has 0 bridgehead atoms. The van der Waals surface area contributed by atoms with E-state index in [9.17, 15) is 10.1 Å². The minimum Gasteiger partial charge on any atom is -0.362 e. The quantitative estimate of drug-likeness (QED) is 0.667. The molecule has 0 aliphatic carbocycles. The van der Waals surface area contributed by atoms with Crippen molar-refractivity contribution in [1.29, 1.82) is 0 Å². The predicted molar refractivity (Wildman–Crippen MR) is 82.8 cm³/mol. The third kappa shape index (κ3) is 3.34. The molecule has 0 aromatic carbocycles. The van der Waals surface area contributed by atoms with Crippen LogP contribution in [0.4, 0.5) is 11.5 Å². The molecule has 7 nitrogen and oxygen atoms in total. The molecular weight excluding hydrogens is 270 g/mol. The van der Waals surface area contributed by atoms with Gasteiger partial charge in [-0.3, -0.25) is 10.1 Å². The summed E-state index contributed by atoms with van der Waals surface area (Å²) in [6, 6.07) is 0.371. The number of nitro groups is 1. The summed E-state index contributed by atoms with van der Waals surface area (Å²) in [7, 11) is 0. The third-order valence-corrected chi connectivity index (χ3v) is 4.10. The lowest BCUT2D eigenvalue weighted by atomic mass is 10.1. The molecule has 21 heavy (non-hydrogen) atoms. The SMILES string of the molecule is CCN1CCC(Nc2c([N+](=O)[O-])c(C)nn2C(C)C)CC1. The van der Waals surface area contributed by atoms with Crippen molar-refractivity contribution in [2.45, 2.75) is 52.6 Å². The standard InChI is InChI=1S/C14H25N5O2/c1-5-17-8-6-12(7-9-17)15-14-13(19(20)21)11(4)16-18(14)10(2)3/h10,12,15H,5-9H2,1-4H3. The molecule has 1 aromatic heterocycles. The molecule has 7 heteroatoms. The van der Waals surface area contributed by atoms with E-state index in [1.54, 1.807) is 11.6 Å². The highest BCUT2D eigenvalue weighted by molar-refractivity contribution is 5.60. The van der Waals surface area contributed by atoms with Crippen molar-refractivity contribution in [1.82, 2.24) is 14.7 Å². The molecule has 1 saturated heterocycles. The topological polar surface area (TPSA) is 76.2 Å². The molecule has 2 rings (SSSR count). The van der Waals surface area contributed by atoms with Gasteiger partial charge in [0.25, 0.3) is 0 Å². The van der Waals surface area contributed by atoms with Crippen LogP contribution in [0.3, 0.4) is 0 Å². The summed E-state index contributed by atoms with van der Waals surface area (Å²) in [6.45, 7) is 11.0. The first-order valence-corrected chi connectivity index (χ1v) is 7.66. The highest BCUT2D eigenvalue weighted by Crippen LogP contribution is 2.32. The Hall–Kier alpha value is -1.63. The maximum absolute atomic E-state index is 11.3. The Kier molecular flexibility index (Phi) is 4.82. The normalized spacial score (nSPS) is 17.4. The van der Waals surface area contributed by atoms with Gasteiger partial charge in [-0.2, -0.15) is 5.10 Å².